The van der Waals surface area contributed by atoms with Gasteiger partial charge in [0.25, 0.3) is 5.91 Å². The maximum absolute atomic E-state index is 12.0. The van der Waals surface area contributed by atoms with Gasteiger partial charge in [-0.1, -0.05) is 6.92 Å². The molecule has 0 saturated carbocycles. The van der Waals surface area contributed by atoms with Gasteiger partial charge in [-0.3, -0.25) is 9.78 Å². The molecule has 110 valence electrons. The molecule has 0 aliphatic rings. The number of pyridine rings is 1. The number of rotatable bonds is 6. The number of carbonyl (C=O) groups is 1. The predicted molar refractivity (Wildman–Crippen MR) is 80.8 cm³/mol. The van der Waals surface area contributed by atoms with E-state index in [1.165, 1.54) is 6.33 Å². The van der Waals surface area contributed by atoms with Crippen molar-refractivity contribution in [2.45, 2.75) is 32.9 Å². The van der Waals surface area contributed by atoms with Crippen molar-refractivity contribution >= 4 is 11.7 Å². The fraction of sp³-hybridized carbons (Fsp3) is 0.333. The van der Waals surface area contributed by atoms with Crippen LogP contribution in [0.1, 0.15) is 36.3 Å². The maximum Gasteiger partial charge on any atom is 0.270 e. The summed E-state index contributed by atoms with van der Waals surface area (Å²) in [7, 11) is 0. The summed E-state index contributed by atoms with van der Waals surface area (Å²) in [5.74, 6) is 0.440. The first-order chi connectivity index (χ1) is 10.2. The molecular formula is C15H19N5O. The van der Waals surface area contributed by atoms with Gasteiger partial charge in [0.05, 0.1) is 0 Å². The van der Waals surface area contributed by atoms with Gasteiger partial charge in [0.15, 0.2) is 0 Å². The highest BCUT2D eigenvalue weighted by Crippen LogP contribution is 2.07. The minimum absolute atomic E-state index is 0.126. The zero-order chi connectivity index (χ0) is 15.1. The molecule has 0 bridgehead atoms. The molecular weight excluding hydrogens is 266 g/mol. The Hall–Kier alpha value is -2.50. The van der Waals surface area contributed by atoms with E-state index >= 15 is 0 Å². The van der Waals surface area contributed by atoms with Crippen molar-refractivity contribution in [2.75, 3.05) is 5.32 Å². The Labute approximate surface area is 124 Å². The smallest absolute Gasteiger partial charge is 0.270 e. The van der Waals surface area contributed by atoms with Gasteiger partial charge in [0.1, 0.15) is 17.8 Å². The Kier molecular flexibility index (Phi) is 5.20. The molecule has 0 aromatic carbocycles. The summed E-state index contributed by atoms with van der Waals surface area (Å²) in [4.78, 5) is 24.1. The lowest BCUT2D eigenvalue weighted by Gasteiger charge is -2.11. The number of hydrogen-bond acceptors (Lipinski definition) is 5. The van der Waals surface area contributed by atoms with E-state index < -0.39 is 0 Å². The standard InChI is InChI=1S/C15H19N5O/c1-3-11(2)20-15(21)13-8-14(19-10-18-13)17-9-12-4-6-16-7-5-12/h4-8,10-11H,3,9H2,1-2H3,(H,20,21)(H,17,18,19). The summed E-state index contributed by atoms with van der Waals surface area (Å²) in [6.45, 7) is 4.60. The highest BCUT2D eigenvalue weighted by Gasteiger charge is 2.10. The summed E-state index contributed by atoms with van der Waals surface area (Å²) in [6, 6.07) is 5.62. The number of amides is 1. The Morgan fingerprint density at radius 3 is 2.76 bits per heavy atom. The number of nitrogens with one attached hydrogen (secondary N) is 2. The Morgan fingerprint density at radius 2 is 2.05 bits per heavy atom. The number of anilines is 1. The second kappa shape index (κ2) is 7.33. The molecule has 0 aliphatic heterocycles. The van der Waals surface area contributed by atoms with Crippen molar-refractivity contribution in [3.63, 3.8) is 0 Å². The van der Waals surface area contributed by atoms with E-state index in [-0.39, 0.29) is 11.9 Å². The van der Waals surface area contributed by atoms with Crippen LogP contribution >= 0.6 is 0 Å². The Morgan fingerprint density at radius 1 is 1.29 bits per heavy atom. The molecule has 1 amide bonds. The van der Waals surface area contributed by atoms with Crippen LogP contribution in [0.5, 0.6) is 0 Å². The van der Waals surface area contributed by atoms with Crippen molar-refractivity contribution < 1.29 is 4.79 Å². The van der Waals surface area contributed by atoms with Crippen LogP contribution in [0.15, 0.2) is 36.9 Å². The molecule has 0 aliphatic carbocycles. The van der Waals surface area contributed by atoms with E-state index in [1.807, 2.05) is 26.0 Å². The summed E-state index contributed by atoms with van der Waals surface area (Å²) in [5.41, 5.74) is 1.46. The molecule has 1 unspecified atom stereocenters. The summed E-state index contributed by atoms with van der Waals surface area (Å²) in [6.07, 6.45) is 5.74. The minimum atomic E-state index is -0.182. The van der Waals surface area contributed by atoms with Gasteiger partial charge in [-0.25, -0.2) is 9.97 Å². The predicted octanol–water partition coefficient (Wildman–Crippen LogP) is 2.01. The highest BCUT2D eigenvalue weighted by atomic mass is 16.1. The third kappa shape index (κ3) is 4.52. The SMILES string of the molecule is CCC(C)NC(=O)c1cc(NCc2ccncc2)ncn1. The molecule has 2 aromatic rings. The second-order valence-electron chi connectivity index (χ2n) is 4.78. The average molecular weight is 285 g/mol. The lowest BCUT2D eigenvalue weighted by Crippen LogP contribution is -2.32. The first-order valence-corrected chi connectivity index (χ1v) is 6.94. The number of carbonyl (C=O) groups excluding carboxylic acids is 1. The summed E-state index contributed by atoms with van der Waals surface area (Å²) < 4.78 is 0. The summed E-state index contributed by atoms with van der Waals surface area (Å²) in [5, 5.41) is 6.05. The normalized spacial score (nSPS) is 11.7. The quantitative estimate of drug-likeness (QED) is 0.848. The van der Waals surface area contributed by atoms with Crippen LogP contribution in [-0.4, -0.2) is 26.9 Å². The van der Waals surface area contributed by atoms with Gasteiger partial charge in [0.2, 0.25) is 0 Å². The van der Waals surface area contributed by atoms with Crippen LogP contribution in [-0.2, 0) is 6.54 Å². The molecule has 0 spiro atoms. The zero-order valence-corrected chi connectivity index (χ0v) is 12.2. The molecule has 0 saturated heterocycles. The molecule has 6 heteroatoms. The fourth-order valence-electron chi connectivity index (χ4n) is 1.67. The third-order valence-electron chi connectivity index (χ3n) is 3.11. The topological polar surface area (TPSA) is 79.8 Å². The van der Waals surface area contributed by atoms with Crippen molar-refractivity contribution in [2.24, 2.45) is 0 Å². The van der Waals surface area contributed by atoms with E-state index in [2.05, 4.69) is 25.6 Å². The third-order valence-corrected chi connectivity index (χ3v) is 3.11. The molecule has 21 heavy (non-hydrogen) atoms. The maximum atomic E-state index is 12.0. The van der Waals surface area contributed by atoms with E-state index in [0.717, 1.165) is 12.0 Å². The van der Waals surface area contributed by atoms with Crippen LogP contribution in [0.2, 0.25) is 0 Å². The number of nitrogens with zero attached hydrogens (tertiary/aromatic N) is 3. The monoisotopic (exact) mass is 285 g/mol. The lowest BCUT2D eigenvalue weighted by atomic mass is 10.2. The number of aromatic nitrogens is 3. The molecule has 2 aromatic heterocycles. The van der Waals surface area contributed by atoms with Crippen LogP contribution in [0.3, 0.4) is 0 Å². The fourth-order valence-corrected chi connectivity index (χ4v) is 1.67. The van der Waals surface area contributed by atoms with Crippen LogP contribution < -0.4 is 10.6 Å². The van der Waals surface area contributed by atoms with Crippen molar-refractivity contribution in [1.29, 1.82) is 0 Å². The van der Waals surface area contributed by atoms with Gasteiger partial charge in [-0.05, 0) is 31.0 Å². The van der Waals surface area contributed by atoms with Gasteiger partial charge in [0, 0.05) is 31.0 Å². The zero-order valence-electron chi connectivity index (χ0n) is 12.2. The van der Waals surface area contributed by atoms with Crippen LogP contribution in [0.4, 0.5) is 5.82 Å². The van der Waals surface area contributed by atoms with Gasteiger partial charge in [-0.2, -0.15) is 0 Å². The molecule has 1 atom stereocenters. The van der Waals surface area contributed by atoms with E-state index in [0.29, 0.717) is 18.1 Å². The lowest BCUT2D eigenvalue weighted by molar-refractivity contribution is 0.0934. The molecule has 6 nitrogen and oxygen atoms in total. The number of hydrogen-bond donors (Lipinski definition) is 2. The van der Waals surface area contributed by atoms with Gasteiger partial charge in [-0.15, -0.1) is 0 Å². The average Bonchev–Trinajstić information content (AvgIpc) is 2.54. The minimum Gasteiger partial charge on any atom is -0.366 e. The van der Waals surface area contributed by atoms with Crippen LogP contribution in [0.25, 0.3) is 0 Å². The van der Waals surface area contributed by atoms with Crippen molar-refractivity contribution in [1.82, 2.24) is 20.3 Å². The highest BCUT2D eigenvalue weighted by molar-refractivity contribution is 5.93. The van der Waals surface area contributed by atoms with Gasteiger partial charge < -0.3 is 10.6 Å². The molecule has 0 radical (unpaired) electrons. The van der Waals surface area contributed by atoms with E-state index in [4.69, 9.17) is 0 Å². The van der Waals surface area contributed by atoms with E-state index in [1.54, 1.807) is 18.5 Å². The molecule has 2 rings (SSSR count). The van der Waals surface area contributed by atoms with Crippen molar-refractivity contribution in [3.8, 4) is 0 Å². The largest absolute Gasteiger partial charge is 0.366 e. The molecule has 2 heterocycles. The van der Waals surface area contributed by atoms with Gasteiger partial charge >= 0.3 is 0 Å². The molecule has 2 N–H and O–H groups in total. The van der Waals surface area contributed by atoms with Crippen LogP contribution in [0, 0.1) is 0 Å². The summed E-state index contributed by atoms with van der Waals surface area (Å²) >= 11 is 0. The molecule has 0 fully saturated rings. The van der Waals surface area contributed by atoms with Crippen molar-refractivity contribution in [3.05, 3.63) is 48.2 Å². The van der Waals surface area contributed by atoms with E-state index in [9.17, 15) is 4.79 Å². The Bertz CT molecular complexity index is 588. The first kappa shape index (κ1) is 14.9. The Balaban J connectivity index is 1.99. The second-order valence-corrected chi connectivity index (χ2v) is 4.78. The first-order valence-electron chi connectivity index (χ1n) is 6.94.